The van der Waals surface area contributed by atoms with Gasteiger partial charge in [0.15, 0.2) is 15.9 Å². The Labute approximate surface area is 207 Å². The second-order valence-corrected chi connectivity index (χ2v) is 10.5. The summed E-state index contributed by atoms with van der Waals surface area (Å²) in [6.45, 7) is 0.600. The number of sulfone groups is 1. The molecule has 1 unspecified atom stereocenters. The molecule has 0 bridgehead atoms. The van der Waals surface area contributed by atoms with E-state index in [4.69, 9.17) is 4.74 Å². The zero-order valence-electron chi connectivity index (χ0n) is 19.3. The summed E-state index contributed by atoms with van der Waals surface area (Å²) in [7, 11) is -3.79. The predicted molar refractivity (Wildman–Crippen MR) is 118 cm³/mol. The number of aromatic nitrogens is 2. The number of carbonyl (C=O) groups excluding carboxylic acids is 1. The van der Waals surface area contributed by atoms with Crippen molar-refractivity contribution in [3.63, 3.8) is 0 Å². The molecule has 1 aliphatic rings. The molecule has 37 heavy (non-hydrogen) atoms. The van der Waals surface area contributed by atoms with E-state index in [9.17, 15) is 39.6 Å². The molecule has 0 fully saturated rings. The van der Waals surface area contributed by atoms with Crippen molar-refractivity contribution >= 4 is 15.7 Å². The summed E-state index contributed by atoms with van der Waals surface area (Å²) < 4.78 is 108. The van der Waals surface area contributed by atoms with Gasteiger partial charge in [0.2, 0.25) is 0 Å². The topological polar surface area (TPSA) is 81.5 Å². The maximum Gasteiger partial charge on any atom is 0.425 e. The summed E-state index contributed by atoms with van der Waals surface area (Å²) in [6.07, 6.45) is -9.20. The molecule has 1 aliphatic heterocycles. The van der Waals surface area contributed by atoms with Gasteiger partial charge < -0.3 is 9.64 Å². The van der Waals surface area contributed by atoms with E-state index in [2.05, 4.69) is 5.10 Å². The molecule has 7 nitrogen and oxygen atoms in total. The lowest BCUT2D eigenvalue weighted by atomic mass is 10.1. The molecule has 1 amide bonds. The Hall–Kier alpha value is -3.55. The van der Waals surface area contributed by atoms with E-state index in [1.807, 2.05) is 0 Å². The predicted octanol–water partition coefficient (Wildman–Crippen LogP) is 4.78. The van der Waals surface area contributed by atoms with Gasteiger partial charge in [-0.3, -0.25) is 4.79 Å². The van der Waals surface area contributed by atoms with Crippen molar-refractivity contribution in [2.45, 2.75) is 43.4 Å². The molecule has 0 radical (unpaired) electrons. The number of fused-ring (bicyclic) bond motifs is 1. The van der Waals surface area contributed by atoms with Gasteiger partial charge in [0.25, 0.3) is 5.91 Å². The second kappa shape index (κ2) is 9.08. The molecule has 0 saturated carbocycles. The maximum atomic E-state index is 13.3. The van der Waals surface area contributed by atoms with Crippen molar-refractivity contribution in [2.24, 2.45) is 0 Å². The molecular weight excluding hydrogens is 528 g/mol. The molecule has 0 N–H and O–H groups in total. The van der Waals surface area contributed by atoms with Crippen LogP contribution in [0.5, 0.6) is 5.75 Å². The molecule has 0 spiro atoms. The van der Waals surface area contributed by atoms with E-state index >= 15 is 0 Å². The van der Waals surface area contributed by atoms with Crippen LogP contribution in [0.15, 0.2) is 53.6 Å². The van der Waals surface area contributed by atoms with Crippen LogP contribution in [-0.2, 0) is 29.1 Å². The van der Waals surface area contributed by atoms with Gasteiger partial charge in [-0.1, -0.05) is 6.07 Å². The van der Waals surface area contributed by atoms with Gasteiger partial charge in [0, 0.05) is 24.6 Å². The summed E-state index contributed by atoms with van der Waals surface area (Å²) in [5.41, 5.74) is -0.203. The largest absolute Gasteiger partial charge is 0.480 e. The third-order valence-corrected chi connectivity index (χ3v) is 6.79. The smallest absolute Gasteiger partial charge is 0.425 e. The molecule has 14 heteroatoms. The molecular formula is C23H19F6N3O4S. The summed E-state index contributed by atoms with van der Waals surface area (Å²) in [4.78, 5) is 14.2. The maximum absolute atomic E-state index is 13.3. The molecule has 0 aliphatic carbocycles. The summed E-state index contributed by atoms with van der Waals surface area (Å²) >= 11 is 0. The van der Waals surface area contributed by atoms with E-state index in [1.165, 1.54) is 27.9 Å². The van der Waals surface area contributed by atoms with Crippen molar-refractivity contribution in [1.82, 2.24) is 14.7 Å². The van der Waals surface area contributed by atoms with Crippen LogP contribution in [-0.4, -0.2) is 47.5 Å². The molecule has 0 saturated heterocycles. The Bertz CT molecular complexity index is 1440. The first-order valence-electron chi connectivity index (χ1n) is 10.7. The monoisotopic (exact) mass is 547 g/mol. The molecule has 1 atom stereocenters. The quantitative estimate of drug-likeness (QED) is 0.430. The normalized spacial score (nSPS) is 15.0. The molecule has 2 heterocycles. The summed E-state index contributed by atoms with van der Waals surface area (Å²) in [6, 6.07) is 7.51. The Kier molecular flexibility index (Phi) is 6.51. The van der Waals surface area contributed by atoms with Crippen LogP contribution in [0.2, 0.25) is 0 Å². The summed E-state index contributed by atoms with van der Waals surface area (Å²) in [5, 5.41) is 4.25. The number of rotatable bonds is 5. The number of benzene rings is 2. The standard InChI is InChI=1S/C23H19F6N3O4S/c1-13(22(24,25)26)36-20-7-6-17(37(2,34)35)9-18(20)21(33)31-10-14-11-32(30-19(14)12-31)16-5-3-4-15(8-16)23(27,28)29/h3-9,11,13H,10,12H2,1-2H3. The highest BCUT2D eigenvalue weighted by molar-refractivity contribution is 7.90. The Morgan fingerprint density at radius 1 is 1.05 bits per heavy atom. The highest BCUT2D eigenvalue weighted by atomic mass is 32.2. The van der Waals surface area contributed by atoms with Crippen molar-refractivity contribution in [3.05, 3.63) is 71.0 Å². The first kappa shape index (κ1) is 26.5. The molecule has 2 aromatic carbocycles. The SMILES string of the molecule is CC(Oc1ccc(S(C)(=O)=O)cc1C(=O)N1Cc2cn(-c3cccc(C(F)(F)F)c3)nc2C1)C(F)(F)F. The van der Waals surface area contributed by atoms with E-state index in [-0.39, 0.29) is 29.2 Å². The number of nitrogens with zero attached hydrogens (tertiary/aromatic N) is 3. The summed E-state index contributed by atoms with van der Waals surface area (Å²) in [5.74, 6) is -1.24. The van der Waals surface area contributed by atoms with Gasteiger partial charge in [0.1, 0.15) is 5.75 Å². The minimum atomic E-state index is -4.73. The van der Waals surface area contributed by atoms with E-state index in [1.54, 1.807) is 0 Å². The number of carbonyl (C=O) groups is 1. The Morgan fingerprint density at radius 2 is 1.76 bits per heavy atom. The lowest BCUT2D eigenvalue weighted by Crippen LogP contribution is -2.33. The Balaban J connectivity index is 1.61. The number of amides is 1. The average molecular weight is 547 g/mol. The van der Waals surface area contributed by atoms with Gasteiger partial charge >= 0.3 is 12.4 Å². The van der Waals surface area contributed by atoms with Gasteiger partial charge in [-0.05, 0) is 43.3 Å². The molecule has 1 aromatic heterocycles. The Morgan fingerprint density at radius 3 is 2.35 bits per heavy atom. The highest BCUT2D eigenvalue weighted by Gasteiger charge is 2.39. The van der Waals surface area contributed by atoms with E-state index in [0.717, 1.165) is 43.5 Å². The molecule has 198 valence electrons. The van der Waals surface area contributed by atoms with Crippen molar-refractivity contribution < 1.29 is 44.3 Å². The minimum Gasteiger partial charge on any atom is -0.480 e. The zero-order chi connectivity index (χ0) is 27.3. The number of ether oxygens (including phenoxy) is 1. The van der Waals surface area contributed by atoms with Crippen molar-refractivity contribution in [3.8, 4) is 11.4 Å². The van der Waals surface area contributed by atoms with Gasteiger partial charge in [0.05, 0.1) is 33.9 Å². The number of alkyl halides is 6. The van der Waals surface area contributed by atoms with E-state index in [0.29, 0.717) is 11.3 Å². The molecule has 3 aromatic rings. The fraction of sp³-hybridized carbons (Fsp3) is 0.304. The number of hydrogen-bond donors (Lipinski definition) is 0. The number of halogens is 6. The van der Waals surface area contributed by atoms with E-state index < -0.39 is 45.5 Å². The van der Waals surface area contributed by atoms with Crippen LogP contribution in [0.1, 0.15) is 34.1 Å². The first-order chi connectivity index (χ1) is 17.0. The lowest BCUT2D eigenvalue weighted by Gasteiger charge is -2.22. The fourth-order valence-corrected chi connectivity index (χ4v) is 4.34. The highest BCUT2D eigenvalue weighted by Crippen LogP contribution is 2.33. The van der Waals surface area contributed by atoms with Crippen LogP contribution in [0, 0.1) is 0 Å². The van der Waals surface area contributed by atoms with Crippen LogP contribution in [0.25, 0.3) is 5.69 Å². The van der Waals surface area contributed by atoms with Crippen LogP contribution < -0.4 is 4.74 Å². The van der Waals surface area contributed by atoms with Crippen LogP contribution in [0.3, 0.4) is 0 Å². The third kappa shape index (κ3) is 5.58. The van der Waals surface area contributed by atoms with Crippen LogP contribution >= 0.6 is 0 Å². The van der Waals surface area contributed by atoms with Gasteiger partial charge in [-0.15, -0.1) is 0 Å². The fourth-order valence-electron chi connectivity index (χ4n) is 3.69. The number of hydrogen-bond acceptors (Lipinski definition) is 5. The second-order valence-electron chi connectivity index (χ2n) is 8.49. The minimum absolute atomic E-state index is 0.0511. The van der Waals surface area contributed by atoms with Crippen LogP contribution in [0.4, 0.5) is 26.3 Å². The van der Waals surface area contributed by atoms with Crippen molar-refractivity contribution in [2.75, 3.05) is 6.26 Å². The molecule has 4 rings (SSSR count). The zero-order valence-corrected chi connectivity index (χ0v) is 20.1. The van der Waals surface area contributed by atoms with Gasteiger partial charge in [-0.25, -0.2) is 13.1 Å². The van der Waals surface area contributed by atoms with Crippen molar-refractivity contribution in [1.29, 1.82) is 0 Å². The van der Waals surface area contributed by atoms with Gasteiger partial charge in [-0.2, -0.15) is 31.4 Å². The lowest BCUT2D eigenvalue weighted by molar-refractivity contribution is -0.189. The third-order valence-electron chi connectivity index (χ3n) is 5.68. The first-order valence-corrected chi connectivity index (χ1v) is 12.5. The average Bonchev–Trinajstić information content (AvgIpc) is 3.36.